The van der Waals surface area contributed by atoms with E-state index >= 15 is 0 Å². The zero-order valence-corrected chi connectivity index (χ0v) is 6.66. The summed E-state index contributed by atoms with van der Waals surface area (Å²) in [7, 11) is 0. The Hall–Kier alpha value is 0.544. The van der Waals surface area contributed by atoms with Gasteiger partial charge in [0.1, 0.15) is 0 Å². The minimum absolute atomic E-state index is 0. The quantitative estimate of drug-likeness (QED) is 0.439. The van der Waals surface area contributed by atoms with E-state index in [2.05, 4.69) is 13.8 Å². The minimum atomic E-state index is 0. The molecule has 0 atom stereocenters. The van der Waals surface area contributed by atoms with E-state index in [1.54, 1.807) is 6.61 Å². The summed E-state index contributed by atoms with van der Waals surface area (Å²) in [4.78, 5) is 0. The van der Waals surface area contributed by atoms with Crippen LogP contribution in [0.3, 0.4) is 0 Å². The molecule has 0 rings (SSSR count). The molecule has 0 aliphatic rings. The van der Waals surface area contributed by atoms with Crippen molar-refractivity contribution in [2.24, 2.45) is 0 Å². The second-order valence-electron chi connectivity index (χ2n) is 1.33. The molecule has 0 N–H and O–H groups in total. The topological polar surface area (TPSA) is 9.23 Å². The third-order valence-electron chi connectivity index (χ3n) is 0.642. The molecular weight excluding hydrogens is 139 g/mol. The van der Waals surface area contributed by atoms with Crippen LogP contribution in [0.4, 0.5) is 0 Å². The van der Waals surface area contributed by atoms with E-state index < -0.39 is 0 Å². The fourth-order valence-corrected chi connectivity index (χ4v) is 0.285. The Morgan fingerprint density at radius 3 is 2.62 bits per heavy atom. The van der Waals surface area contributed by atoms with Crippen LogP contribution in [0, 0.1) is 13.5 Å². The molecule has 0 aromatic rings. The fraction of sp³-hybridized carbons (Fsp3) is 0.667. The monoisotopic (exact) mass is 151 g/mol. The van der Waals surface area contributed by atoms with Crippen LogP contribution >= 0.6 is 0 Å². The van der Waals surface area contributed by atoms with Gasteiger partial charge in [-0.25, -0.2) is 6.61 Å². The Bertz CT molecular complexity index is 27.7. The number of unbranched alkanes of at least 4 members (excludes halogenated alkanes) is 1. The summed E-state index contributed by atoms with van der Waals surface area (Å²) in [6, 6.07) is 0. The van der Waals surface area contributed by atoms with Gasteiger partial charge in [0.15, 0.2) is 0 Å². The van der Waals surface area contributed by atoms with Crippen molar-refractivity contribution < 1.29 is 23.3 Å². The molecule has 0 amide bonds. The van der Waals surface area contributed by atoms with E-state index in [1.807, 2.05) is 0 Å². The summed E-state index contributed by atoms with van der Waals surface area (Å²) >= 11 is 0. The Kier molecular flexibility index (Phi) is 14.9. The first-order chi connectivity index (χ1) is 3.41. The van der Waals surface area contributed by atoms with Gasteiger partial charge in [0, 0.05) is 0 Å². The second-order valence-corrected chi connectivity index (χ2v) is 1.33. The van der Waals surface area contributed by atoms with Gasteiger partial charge in [-0.05, 0) is 0 Å². The van der Waals surface area contributed by atoms with Crippen molar-refractivity contribution >= 4 is 0 Å². The van der Waals surface area contributed by atoms with Gasteiger partial charge in [0.25, 0.3) is 0 Å². The van der Waals surface area contributed by atoms with Crippen LogP contribution in [0.5, 0.6) is 0 Å². The van der Waals surface area contributed by atoms with Crippen LogP contribution in [0.15, 0.2) is 0 Å². The van der Waals surface area contributed by atoms with E-state index in [1.165, 1.54) is 0 Å². The van der Waals surface area contributed by atoms with Crippen molar-refractivity contribution in [3.63, 3.8) is 0 Å². The Morgan fingerprint density at radius 1 is 1.62 bits per heavy atom. The van der Waals surface area contributed by atoms with Gasteiger partial charge in [-0.15, -0.1) is 6.61 Å². The van der Waals surface area contributed by atoms with Gasteiger partial charge in [0.05, 0.1) is 0 Å². The molecule has 2 heteroatoms. The summed E-state index contributed by atoms with van der Waals surface area (Å²) in [5.41, 5.74) is 0. The van der Waals surface area contributed by atoms with Crippen molar-refractivity contribution in [2.45, 2.75) is 19.8 Å². The van der Waals surface area contributed by atoms with E-state index in [9.17, 15) is 0 Å². The first kappa shape index (κ1) is 11.4. The molecule has 8 heavy (non-hydrogen) atoms. The van der Waals surface area contributed by atoms with Gasteiger partial charge in [-0.3, -0.25) is 0 Å². The maximum Gasteiger partial charge on any atom is 2.00 e. The average Bonchev–Trinajstić information content (AvgIpc) is 1.69. The molecule has 1 nitrogen and oxygen atoms in total. The Balaban J connectivity index is 0. The maximum absolute atomic E-state index is 4.84. The van der Waals surface area contributed by atoms with Crippen molar-refractivity contribution in [2.75, 3.05) is 6.61 Å². The summed E-state index contributed by atoms with van der Waals surface area (Å²) < 4.78 is 4.84. The van der Waals surface area contributed by atoms with Crippen LogP contribution in [0.25, 0.3) is 0 Å². The van der Waals surface area contributed by atoms with Crippen LogP contribution in [0.2, 0.25) is 0 Å². The molecule has 0 spiro atoms. The first-order valence-corrected chi connectivity index (χ1v) is 2.64. The molecule has 0 aromatic heterocycles. The van der Waals surface area contributed by atoms with Gasteiger partial charge >= 0.3 is 18.6 Å². The number of rotatable bonds is 4. The van der Waals surface area contributed by atoms with Gasteiger partial charge in [-0.1, -0.05) is 13.3 Å². The second kappa shape index (κ2) is 10.5. The molecule has 0 aliphatic heterocycles. The van der Waals surface area contributed by atoms with E-state index in [0.717, 1.165) is 12.8 Å². The van der Waals surface area contributed by atoms with E-state index in [4.69, 9.17) is 4.74 Å². The smallest absolute Gasteiger partial charge is 0.578 e. The van der Waals surface area contributed by atoms with E-state index in [0.29, 0.717) is 6.61 Å². The molecule has 0 bridgehead atoms. The normalized spacial score (nSPS) is 8.25. The molecule has 0 aliphatic carbocycles. The SMILES string of the molecule is [CH2-]CO[CH-]CCC.[V+2]. The predicted molar refractivity (Wildman–Crippen MR) is 30.5 cm³/mol. The fourth-order valence-electron chi connectivity index (χ4n) is 0.285. The molecule has 0 heterocycles. The molecule has 0 fully saturated rings. The maximum atomic E-state index is 4.84. The predicted octanol–water partition coefficient (Wildman–Crippen LogP) is 1.80. The number of hydrogen-bond acceptors (Lipinski definition) is 1. The molecule has 0 saturated carbocycles. The Morgan fingerprint density at radius 2 is 2.25 bits per heavy atom. The van der Waals surface area contributed by atoms with E-state index in [-0.39, 0.29) is 18.6 Å². The molecule has 1 radical (unpaired) electrons. The summed E-state index contributed by atoms with van der Waals surface area (Å²) in [5.74, 6) is 0. The third-order valence-corrected chi connectivity index (χ3v) is 0.642. The van der Waals surface area contributed by atoms with Gasteiger partial charge in [0.2, 0.25) is 0 Å². The van der Waals surface area contributed by atoms with Gasteiger partial charge < -0.3 is 11.7 Å². The van der Waals surface area contributed by atoms with Crippen molar-refractivity contribution in [1.82, 2.24) is 0 Å². The van der Waals surface area contributed by atoms with Crippen LogP contribution in [-0.2, 0) is 23.3 Å². The minimum Gasteiger partial charge on any atom is -0.578 e. The zero-order valence-electron chi connectivity index (χ0n) is 5.26. The first-order valence-electron chi connectivity index (χ1n) is 2.64. The van der Waals surface area contributed by atoms with Crippen molar-refractivity contribution in [3.05, 3.63) is 13.5 Å². The van der Waals surface area contributed by atoms with Crippen LogP contribution in [-0.4, -0.2) is 6.61 Å². The van der Waals surface area contributed by atoms with Crippen LogP contribution < -0.4 is 0 Å². The van der Waals surface area contributed by atoms with Gasteiger partial charge in [-0.2, -0.15) is 6.42 Å². The molecule has 0 aromatic carbocycles. The molecule has 47 valence electrons. The third kappa shape index (κ3) is 9.74. The molecule has 0 saturated heterocycles. The summed E-state index contributed by atoms with van der Waals surface area (Å²) in [6.45, 7) is 7.97. The van der Waals surface area contributed by atoms with Crippen molar-refractivity contribution in [3.8, 4) is 0 Å². The largest absolute Gasteiger partial charge is 2.00 e. The Labute approximate surface area is 63.7 Å². The van der Waals surface area contributed by atoms with Crippen LogP contribution in [0.1, 0.15) is 19.8 Å². The average molecular weight is 151 g/mol. The molecule has 0 unspecified atom stereocenters. The number of hydrogen-bond donors (Lipinski definition) is 0. The molecular formula is C6H12OV. The summed E-state index contributed by atoms with van der Waals surface area (Å²) in [6.07, 6.45) is 2.19. The standard InChI is InChI=1S/C6H12O.V/c1-3-5-6-7-4-2;/h6H,2-5H2,1H3;/q-2;+2. The van der Waals surface area contributed by atoms with Crippen molar-refractivity contribution in [1.29, 1.82) is 0 Å². The number of ether oxygens (including phenoxy) is 1. The summed E-state index contributed by atoms with van der Waals surface area (Å²) in [5, 5.41) is 0. The zero-order chi connectivity index (χ0) is 5.54.